The van der Waals surface area contributed by atoms with Crippen LogP contribution in [0.4, 0.5) is 4.39 Å². The van der Waals surface area contributed by atoms with Crippen LogP contribution < -0.4 is 15.4 Å². The number of amides is 1. The van der Waals surface area contributed by atoms with E-state index in [2.05, 4.69) is 10.6 Å². The summed E-state index contributed by atoms with van der Waals surface area (Å²) in [6, 6.07) is 4.28. The van der Waals surface area contributed by atoms with Crippen LogP contribution in [-0.2, 0) is 0 Å². The predicted octanol–water partition coefficient (Wildman–Crippen LogP) is 1.21. The minimum absolute atomic E-state index is 0. The molecule has 1 amide bonds. The lowest BCUT2D eigenvalue weighted by Gasteiger charge is -2.09. The molecule has 0 radical (unpaired) electrons. The molecule has 0 unspecified atom stereocenters. The second-order valence-electron chi connectivity index (χ2n) is 3.18. The number of ether oxygens (including phenoxy) is 1. The average Bonchev–Trinajstić information content (AvgIpc) is 2.28. The van der Waals surface area contributed by atoms with Crippen LogP contribution in [0.5, 0.6) is 5.75 Å². The Balaban J connectivity index is 0.00000256. The lowest BCUT2D eigenvalue weighted by atomic mass is 10.1. The Labute approximate surface area is 106 Å². The number of nitrogens with one attached hydrogen (secondary N) is 2. The highest BCUT2D eigenvalue weighted by molar-refractivity contribution is 5.97. The van der Waals surface area contributed by atoms with Gasteiger partial charge < -0.3 is 15.4 Å². The zero-order valence-corrected chi connectivity index (χ0v) is 10.6. The lowest BCUT2D eigenvalue weighted by molar-refractivity contribution is 0.0947. The molecule has 0 saturated heterocycles. The molecule has 17 heavy (non-hydrogen) atoms. The van der Waals surface area contributed by atoms with E-state index in [0.717, 1.165) is 0 Å². The lowest BCUT2D eigenvalue weighted by Crippen LogP contribution is -2.31. The molecule has 0 aliphatic rings. The Morgan fingerprint density at radius 3 is 2.71 bits per heavy atom. The molecular weight excluding hydrogens is 247 g/mol. The van der Waals surface area contributed by atoms with Crippen LogP contribution >= 0.6 is 12.4 Å². The van der Waals surface area contributed by atoms with E-state index in [-0.39, 0.29) is 23.7 Å². The molecule has 1 rings (SSSR count). The van der Waals surface area contributed by atoms with Gasteiger partial charge in [0.25, 0.3) is 5.91 Å². The monoisotopic (exact) mass is 262 g/mol. The molecule has 0 saturated carbocycles. The van der Waals surface area contributed by atoms with Crippen LogP contribution in [-0.4, -0.2) is 33.2 Å². The fourth-order valence-corrected chi connectivity index (χ4v) is 1.28. The summed E-state index contributed by atoms with van der Waals surface area (Å²) in [5.41, 5.74) is -0.0545. The van der Waals surface area contributed by atoms with Crippen molar-refractivity contribution in [1.29, 1.82) is 0 Å². The molecule has 96 valence electrons. The largest absolute Gasteiger partial charge is 0.496 e. The summed E-state index contributed by atoms with van der Waals surface area (Å²) in [4.78, 5) is 11.7. The summed E-state index contributed by atoms with van der Waals surface area (Å²) < 4.78 is 18.4. The van der Waals surface area contributed by atoms with Crippen molar-refractivity contribution in [2.75, 3.05) is 27.2 Å². The van der Waals surface area contributed by atoms with Crippen molar-refractivity contribution >= 4 is 18.3 Å². The van der Waals surface area contributed by atoms with Gasteiger partial charge in [0.1, 0.15) is 17.1 Å². The van der Waals surface area contributed by atoms with Crippen LogP contribution in [0.25, 0.3) is 0 Å². The summed E-state index contributed by atoms with van der Waals surface area (Å²) in [6.07, 6.45) is 0. The summed E-state index contributed by atoms with van der Waals surface area (Å²) >= 11 is 0. The number of halogens is 2. The van der Waals surface area contributed by atoms with E-state index in [4.69, 9.17) is 4.74 Å². The zero-order valence-electron chi connectivity index (χ0n) is 9.75. The van der Waals surface area contributed by atoms with Crippen molar-refractivity contribution in [1.82, 2.24) is 10.6 Å². The first-order valence-corrected chi connectivity index (χ1v) is 4.96. The summed E-state index contributed by atoms with van der Waals surface area (Å²) in [7, 11) is 3.18. The maximum atomic E-state index is 13.4. The molecule has 0 fully saturated rings. The van der Waals surface area contributed by atoms with Crippen LogP contribution in [0.1, 0.15) is 10.4 Å². The SMILES string of the molecule is CNCCNC(=O)c1c(F)cccc1OC.Cl. The number of likely N-dealkylation sites (N-methyl/N-ethyl adjacent to an activating group) is 1. The molecule has 1 aromatic carbocycles. The van der Waals surface area contributed by atoms with E-state index >= 15 is 0 Å². The molecule has 0 heterocycles. The van der Waals surface area contributed by atoms with Gasteiger partial charge >= 0.3 is 0 Å². The topological polar surface area (TPSA) is 50.4 Å². The molecule has 0 aromatic heterocycles. The summed E-state index contributed by atoms with van der Waals surface area (Å²) in [5.74, 6) is -0.812. The standard InChI is InChI=1S/C11H15FN2O2.ClH/c1-13-6-7-14-11(15)10-8(12)4-3-5-9(10)16-2;/h3-5,13H,6-7H2,1-2H3,(H,14,15);1H. The third-order valence-electron chi connectivity index (χ3n) is 2.08. The van der Waals surface area contributed by atoms with Crippen LogP contribution in [0.15, 0.2) is 18.2 Å². The van der Waals surface area contributed by atoms with Crippen molar-refractivity contribution < 1.29 is 13.9 Å². The van der Waals surface area contributed by atoms with Gasteiger partial charge in [-0.2, -0.15) is 0 Å². The number of hydrogen-bond donors (Lipinski definition) is 2. The van der Waals surface area contributed by atoms with Crippen molar-refractivity contribution in [2.24, 2.45) is 0 Å². The van der Waals surface area contributed by atoms with E-state index in [0.29, 0.717) is 13.1 Å². The van der Waals surface area contributed by atoms with Gasteiger partial charge in [-0.25, -0.2) is 4.39 Å². The van der Waals surface area contributed by atoms with Gasteiger partial charge in [0.15, 0.2) is 0 Å². The Morgan fingerprint density at radius 1 is 1.41 bits per heavy atom. The fourth-order valence-electron chi connectivity index (χ4n) is 1.28. The summed E-state index contributed by atoms with van der Waals surface area (Å²) in [6.45, 7) is 1.06. The zero-order chi connectivity index (χ0) is 12.0. The third kappa shape index (κ3) is 4.20. The summed E-state index contributed by atoms with van der Waals surface area (Å²) in [5, 5.41) is 5.47. The Morgan fingerprint density at radius 2 is 2.12 bits per heavy atom. The smallest absolute Gasteiger partial charge is 0.258 e. The number of rotatable bonds is 5. The van der Waals surface area contributed by atoms with Gasteiger partial charge in [0.2, 0.25) is 0 Å². The molecular formula is C11H16ClFN2O2. The second kappa shape index (κ2) is 7.86. The second-order valence-corrected chi connectivity index (χ2v) is 3.18. The highest BCUT2D eigenvalue weighted by Crippen LogP contribution is 2.20. The number of carbonyl (C=O) groups is 1. The molecule has 0 aliphatic carbocycles. The highest BCUT2D eigenvalue weighted by atomic mass is 35.5. The van der Waals surface area contributed by atoms with Gasteiger partial charge in [-0.3, -0.25) is 4.79 Å². The maximum absolute atomic E-state index is 13.4. The van der Waals surface area contributed by atoms with Crippen molar-refractivity contribution in [3.8, 4) is 5.75 Å². The highest BCUT2D eigenvalue weighted by Gasteiger charge is 2.16. The predicted molar refractivity (Wildman–Crippen MR) is 66.5 cm³/mol. The first-order chi connectivity index (χ1) is 7.70. The molecule has 4 nitrogen and oxygen atoms in total. The first kappa shape index (κ1) is 15.7. The Bertz CT molecular complexity index is 374. The first-order valence-electron chi connectivity index (χ1n) is 4.96. The van der Waals surface area contributed by atoms with E-state index < -0.39 is 11.7 Å². The molecule has 1 aromatic rings. The molecule has 2 N–H and O–H groups in total. The number of benzene rings is 1. The number of hydrogen-bond acceptors (Lipinski definition) is 3. The molecule has 0 atom stereocenters. The third-order valence-corrected chi connectivity index (χ3v) is 2.08. The minimum atomic E-state index is -0.582. The van der Waals surface area contributed by atoms with E-state index in [1.165, 1.54) is 19.2 Å². The van der Waals surface area contributed by atoms with Crippen LogP contribution in [0, 0.1) is 5.82 Å². The maximum Gasteiger partial charge on any atom is 0.258 e. The van der Waals surface area contributed by atoms with Gasteiger partial charge in [-0.05, 0) is 19.2 Å². The van der Waals surface area contributed by atoms with Gasteiger partial charge in [-0.1, -0.05) is 6.07 Å². The van der Waals surface area contributed by atoms with Crippen molar-refractivity contribution in [2.45, 2.75) is 0 Å². The Kier molecular flexibility index (Phi) is 7.25. The van der Waals surface area contributed by atoms with Gasteiger partial charge in [0, 0.05) is 13.1 Å². The average molecular weight is 263 g/mol. The molecule has 0 aliphatic heterocycles. The normalized spacial score (nSPS) is 9.35. The molecule has 0 spiro atoms. The van der Waals surface area contributed by atoms with Gasteiger partial charge in [0.05, 0.1) is 7.11 Å². The number of methoxy groups -OCH3 is 1. The quantitative estimate of drug-likeness (QED) is 0.784. The number of carbonyl (C=O) groups excluding carboxylic acids is 1. The van der Waals surface area contributed by atoms with E-state index in [1.54, 1.807) is 13.1 Å². The molecule has 0 bridgehead atoms. The Hall–Kier alpha value is -1.33. The fraction of sp³-hybridized carbons (Fsp3) is 0.364. The van der Waals surface area contributed by atoms with Gasteiger partial charge in [-0.15, -0.1) is 12.4 Å². The minimum Gasteiger partial charge on any atom is -0.496 e. The van der Waals surface area contributed by atoms with E-state index in [9.17, 15) is 9.18 Å². The van der Waals surface area contributed by atoms with E-state index in [1.807, 2.05) is 0 Å². The van der Waals surface area contributed by atoms with Crippen LogP contribution in [0.3, 0.4) is 0 Å². The van der Waals surface area contributed by atoms with Crippen molar-refractivity contribution in [3.63, 3.8) is 0 Å². The van der Waals surface area contributed by atoms with Crippen molar-refractivity contribution in [3.05, 3.63) is 29.6 Å². The van der Waals surface area contributed by atoms with Crippen LogP contribution in [0.2, 0.25) is 0 Å². The molecule has 6 heteroatoms.